The van der Waals surface area contributed by atoms with E-state index >= 15 is 0 Å². The van der Waals surface area contributed by atoms with E-state index < -0.39 is 0 Å². The van der Waals surface area contributed by atoms with E-state index in [1.807, 2.05) is 43.3 Å². The highest BCUT2D eigenvalue weighted by molar-refractivity contribution is 9.10. The number of hydrogen-bond acceptors (Lipinski definition) is 3. The molecule has 0 saturated carbocycles. The van der Waals surface area contributed by atoms with Gasteiger partial charge in [0.25, 0.3) is 0 Å². The van der Waals surface area contributed by atoms with E-state index in [-0.39, 0.29) is 30.6 Å². The molecule has 5 heteroatoms. The molecule has 2 aromatic rings. The van der Waals surface area contributed by atoms with E-state index in [9.17, 15) is 9.90 Å². The number of aliphatic hydroxyl groups excluding tert-OH is 1. The average Bonchev–Trinajstić information content (AvgIpc) is 2.60. The molecule has 0 aliphatic rings. The van der Waals surface area contributed by atoms with Crippen molar-refractivity contribution < 1.29 is 15.0 Å². The van der Waals surface area contributed by atoms with Gasteiger partial charge in [-0.1, -0.05) is 46.3 Å². The molecule has 2 N–H and O–H groups in total. The first-order valence-corrected chi connectivity index (χ1v) is 8.78. The quantitative estimate of drug-likeness (QED) is 0.758. The van der Waals surface area contributed by atoms with Crippen molar-refractivity contribution in [1.82, 2.24) is 4.90 Å². The number of hydrogen-bond donors (Lipinski definition) is 2. The van der Waals surface area contributed by atoms with Crippen molar-refractivity contribution in [2.45, 2.75) is 19.3 Å². The molecule has 0 bridgehead atoms. The second-order valence-electron chi connectivity index (χ2n) is 5.57. The molecule has 0 spiro atoms. The lowest BCUT2D eigenvalue weighted by atomic mass is 9.87. The number of rotatable bonds is 7. The minimum atomic E-state index is -0.246. The van der Waals surface area contributed by atoms with Crippen LogP contribution in [0.3, 0.4) is 0 Å². The largest absolute Gasteiger partial charge is 0.508 e. The Morgan fingerprint density at radius 2 is 1.92 bits per heavy atom. The van der Waals surface area contributed by atoms with Gasteiger partial charge in [-0.2, -0.15) is 0 Å². The van der Waals surface area contributed by atoms with Crippen molar-refractivity contribution in [3.8, 4) is 5.75 Å². The predicted molar refractivity (Wildman–Crippen MR) is 98.0 cm³/mol. The second-order valence-corrected chi connectivity index (χ2v) is 6.48. The molecule has 4 nitrogen and oxygen atoms in total. The van der Waals surface area contributed by atoms with Gasteiger partial charge in [0.2, 0.25) is 5.91 Å². The maximum absolute atomic E-state index is 12.6. The Balaban J connectivity index is 2.37. The topological polar surface area (TPSA) is 60.8 Å². The number of carbonyl (C=O) groups excluding carboxylic acids is 1. The third-order valence-corrected chi connectivity index (χ3v) is 4.54. The third kappa shape index (κ3) is 4.58. The van der Waals surface area contributed by atoms with Gasteiger partial charge < -0.3 is 15.1 Å². The van der Waals surface area contributed by atoms with Gasteiger partial charge in [0.1, 0.15) is 5.75 Å². The fraction of sp³-hybridized carbons (Fsp3) is 0.316. The first-order chi connectivity index (χ1) is 11.6. The summed E-state index contributed by atoms with van der Waals surface area (Å²) in [5.74, 6) is -0.117. The van der Waals surface area contributed by atoms with Crippen molar-refractivity contribution in [3.05, 3.63) is 64.1 Å². The summed E-state index contributed by atoms with van der Waals surface area (Å²) >= 11 is 3.43. The van der Waals surface area contributed by atoms with E-state index in [1.54, 1.807) is 17.0 Å². The summed E-state index contributed by atoms with van der Waals surface area (Å²) in [5.41, 5.74) is 1.68. The third-order valence-electron chi connectivity index (χ3n) is 4.05. The average molecular weight is 392 g/mol. The first-order valence-electron chi connectivity index (χ1n) is 7.98. The highest BCUT2D eigenvalue weighted by Gasteiger charge is 2.23. The number of amides is 1. The number of benzene rings is 2. The molecule has 0 saturated heterocycles. The molecule has 0 unspecified atom stereocenters. The molecule has 0 radical (unpaired) electrons. The summed E-state index contributed by atoms with van der Waals surface area (Å²) in [5, 5.41) is 19.4. The molecule has 2 aromatic carbocycles. The van der Waals surface area contributed by atoms with Crippen LogP contribution in [0.2, 0.25) is 0 Å². The Kier molecular flexibility index (Phi) is 6.82. The summed E-state index contributed by atoms with van der Waals surface area (Å²) in [6.45, 7) is 2.70. The first kappa shape index (κ1) is 18.5. The second kappa shape index (κ2) is 8.85. The number of phenols is 1. The normalized spacial score (nSPS) is 12.0. The monoisotopic (exact) mass is 391 g/mol. The molecule has 1 atom stereocenters. The van der Waals surface area contributed by atoms with Crippen LogP contribution in [0.5, 0.6) is 5.75 Å². The summed E-state index contributed by atoms with van der Waals surface area (Å²) in [6.07, 6.45) is 0.238. The summed E-state index contributed by atoms with van der Waals surface area (Å²) in [4.78, 5) is 14.3. The number of nitrogens with zero attached hydrogens (tertiary/aromatic N) is 1. The maximum Gasteiger partial charge on any atom is 0.223 e. The molecule has 1 amide bonds. The van der Waals surface area contributed by atoms with Crippen LogP contribution in [0, 0.1) is 0 Å². The Morgan fingerprint density at radius 3 is 2.54 bits per heavy atom. The van der Waals surface area contributed by atoms with Crippen molar-refractivity contribution in [1.29, 1.82) is 0 Å². The molecule has 2 rings (SSSR count). The zero-order chi connectivity index (χ0) is 17.5. The molecule has 0 aliphatic carbocycles. The van der Waals surface area contributed by atoms with Crippen molar-refractivity contribution >= 4 is 21.8 Å². The van der Waals surface area contributed by atoms with Gasteiger partial charge in [0.15, 0.2) is 0 Å². The molecular weight excluding hydrogens is 370 g/mol. The number of likely N-dealkylation sites (N-methyl/N-ethyl adjacent to an activating group) is 1. The zero-order valence-electron chi connectivity index (χ0n) is 13.7. The van der Waals surface area contributed by atoms with Gasteiger partial charge in [0, 0.05) is 35.5 Å². The minimum absolute atomic E-state index is 0.0419. The van der Waals surface area contributed by atoms with Gasteiger partial charge >= 0.3 is 0 Å². The molecule has 0 aromatic heterocycles. The zero-order valence-corrected chi connectivity index (χ0v) is 15.2. The van der Waals surface area contributed by atoms with Gasteiger partial charge in [-0.05, 0) is 30.7 Å². The molecule has 0 aliphatic heterocycles. The number of phenolic OH excluding ortho intramolecular Hbond substituents is 1. The van der Waals surface area contributed by atoms with E-state index in [0.29, 0.717) is 18.7 Å². The Labute approximate surface area is 150 Å². The van der Waals surface area contributed by atoms with Gasteiger partial charge in [-0.15, -0.1) is 0 Å². The van der Waals surface area contributed by atoms with E-state index in [0.717, 1.165) is 10.0 Å². The lowest BCUT2D eigenvalue weighted by molar-refractivity contribution is -0.131. The van der Waals surface area contributed by atoms with E-state index in [4.69, 9.17) is 5.11 Å². The molecule has 0 heterocycles. The number of carbonyl (C=O) groups is 1. The standard InChI is InChI=1S/C19H22BrNO3/c1-2-21(10-11-22)19(24)13-16(14-6-4-3-5-7-14)17-12-15(20)8-9-18(17)23/h3-9,12,16,22-23H,2,10-11,13H2,1H3/t16-/m1/s1. The summed E-state index contributed by atoms with van der Waals surface area (Å²) < 4.78 is 0.853. The highest BCUT2D eigenvalue weighted by Crippen LogP contribution is 2.36. The maximum atomic E-state index is 12.6. The van der Waals surface area contributed by atoms with Crippen molar-refractivity contribution in [2.24, 2.45) is 0 Å². The lowest BCUT2D eigenvalue weighted by Crippen LogP contribution is -2.34. The van der Waals surface area contributed by atoms with Crippen LogP contribution in [0.15, 0.2) is 53.0 Å². The molecular formula is C19H22BrNO3. The Morgan fingerprint density at radius 1 is 1.21 bits per heavy atom. The van der Waals surface area contributed by atoms with Crippen LogP contribution >= 0.6 is 15.9 Å². The van der Waals surface area contributed by atoms with Crippen LogP contribution < -0.4 is 0 Å². The van der Waals surface area contributed by atoms with Crippen LogP contribution in [0.1, 0.15) is 30.4 Å². The number of aromatic hydroxyl groups is 1. The smallest absolute Gasteiger partial charge is 0.223 e. The predicted octanol–water partition coefficient (Wildman–Crippen LogP) is 3.52. The van der Waals surface area contributed by atoms with Crippen LogP contribution in [-0.4, -0.2) is 40.7 Å². The van der Waals surface area contributed by atoms with Crippen molar-refractivity contribution in [2.75, 3.05) is 19.7 Å². The van der Waals surface area contributed by atoms with Crippen molar-refractivity contribution in [3.63, 3.8) is 0 Å². The lowest BCUT2D eigenvalue weighted by Gasteiger charge is -2.24. The molecule has 24 heavy (non-hydrogen) atoms. The molecule has 0 fully saturated rings. The minimum Gasteiger partial charge on any atom is -0.508 e. The number of aliphatic hydroxyl groups is 1. The fourth-order valence-corrected chi connectivity index (χ4v) is 3.16. The van der Waals surface area contributed by atoms with Gasteiger partial charge in [-0.25, -0.2) is 0 Å². The van der Waals surface area contributed by atoms with E-state index in [1.165, 1.54) is 0 Å². The Hall–Kier alpha value is -1.85. The van der Waals surface area contributed by atoms with Crippen LogP contribution in [-0.2, 0) is 4.79 Å². The van der Waals surface area contributed by atoms with E-state index in [2.05, 4.69) is 15.9 Å². The van der Waals surface area contributed by atoms with Gasteiger partial charge in [-0.3, -0.25) is 4.79 Å². The summed E-state index contributed by atoms with van der Waals surface area (Å²) in [7, 11) is 0. The Bertz CT molecular complexity index is 676. The van der Waals surface area contributed by atoms with Crippen LogP contribution in [0.4, 0.5) is 0 Å². The summed E-state index contributed by atoms with van der Waals surface area (Å²) in [6, 6.07) is 14.9. The van der Waals surface area contributed by atoms with Gasteiger partial charge in [0.05, 0.1) is 6.61 Å². The fourth-order valence-electron chi connectivity index (χ4n) is 2.78. The molecule has 128 valence electrons. The van der Waals surface area contributed by atoms with Crippen LogP contribution in [0.25, 0.3) is 0 Å². The number of halogens is 1. The highest BCUT2D eigenvalue weighted by atomic mass is 79.9. The SMILES string of the molecule is CCN(CCO)C(=O)C[C@H](c1ccccc1)c1cc(Br)ccc1O.